The van der Waals surface area contributed by atoms with Crippen molar-refractivity contribution in [3.8, 4) is 11.1 Å². The second-order valence-electron chi connectivity index (χ2n) is 6.41. The molecule has 1 aliphatic rings. The van der Waals surface area contributed by atoms with Crippen molar-refractivity contribution in [2.45, 2.75) is 25.3 Å². The monoisotopic (exact) mass is 421 g/mol. The maximum Gasteiger partial charge on any atom is 0.269 e. The number of rotatable bonds is 6. The zero-order chi connectivity index (χ0) is 20.1. The van der Waals surface area contributed by atoms with E-state index >= 15 is 0 Å². The predicted molar refractivity (Wildman–Crippen MR) is 108 cm³/mol. The van der Waals surface area contributed by atoms with E-state index in [9.17, 15) is 13.2 Å². The van der Waals surface area contributed by atoms with Gasteiger partial charge in [-0.2, -0.15) is 9.52 Å². The van der Waals surface area contributed by atoms with Gasteiger partial charge in [0, 0.05) is 11.2 Å². The summed E-state index contributed by atoms with van der Waals surface area (Å²) in [5.41, 5.74) is 4.38. The van der Waals surface area contributed by atoms with Crippen molar-refractivity contribution in [2.24, 2.45) is 5.10 Å². The van der Waals surface area contributed by atoms with E-state index in [0.717, 1.165) is 21.1 Å². The Hall–Kier alpha value is -2.42. The molecule has 0 fully saturated rings. The van der Waals surface area contributed by atoms with Crippen LogP contribution in [0.2, 0.25) is 5.02 Å². The predicted octanol–water partition coefficient (Wildman–Crippen LogP) is 2.83. The van der Waals surface area contributed by atoms with Crippen LogP contribution >= 0.6 is 11.6 Å². The molecule has 28 heavy (non-hydrogen) atoms. The van der Waals surface area contributed by atoms with Gasteiger partial charge < -0.3 is 0 Å². The molecule has 0 saturated carbocycles. The maximum atomic E-state index is 12.6. The van der Waals surface area contributed by atoms with Gasteiger partial charge in [0.15, 0.2) is 0 Å². The summed E-state index contributed by atoms with van der Waals surface area (Å²) in [4.78, 5) is 11.7. The number of sulfonamides is 1. The molecule has 1 atom stereocenters. The number of benzene rings is 2. The fourth-order valence-corrected chi connectivity index (χ4v) is 4.59. The van der Waals surface area contributed by atoms with Gasteiger partial charge in [-0.3, -0.25) is 10.0 Å². The number of carbonyl (C=O) groups excluding carboxylic acids is 1. The molecule has 148 valence electrons. The van der Waals surface area contributed by atoms with E-state index < -0.39 is 22.0 Å². The highest BCUT2D eigenvalue weighted by molar-refractivity contribution is 7.89. The number of aryl methyl sites for hydroxylation is 1. The van der Waals surface area contributed by atoms with Crippen LogP contribution < -0.4 is 5.48 Å². The number of amides is 1. The molecule has 2 aromatic rings. The summed E-state index contributed by atoms with van der Waals surface area (Å²) in [5, 5.41) is 13.4. The molecule has 1 heterocycles. The van der Waals surface area contributed by atoms with Crippen LogP contribution in [0.1, 0.15) is 18.4 Å². The van der Waals surface area contributed by atoms with E-state index in [-0.39, 0.29) is 18.6 Å². The molecule has 0 aromatic heterocycles. The summed E-state index contributed by atoms with van der Waals surface area (Å²) >= 11 is 5.90. The van der Waals surface area contributed by atoms with Gasteiger partial charge in [-0.1, -0.05) is 48.0 Å². The van der Waals surface area contributed by atoms with Crippen LogP contribution in [0.15, 0.2) is 53.6 Å². The Morgan fingerprint density at radius 3 is 2.36 bits per heavy atom. The third kappa shape index (κ3) is 4.70. The minimum absolute atomic E-state index is 0.195. The van der Waals surface area contributed by atoms with Crippen LogP contribution in [-0.2, 0) is 21.2 Å². The molecule has 1 amide bonds. The van der Waals surface area contributed by atoms with Crippen LogP contribution in [0.25, 0.3) is 11.1 Å². The smallest absolute Gasteiger partial charge is 0.269 e. The Balaban J connectivity index is 1.68. The molecule has 0 aliphatic carbocycles. The molecule has 2 aromatic carbocycles. The summed E-state index contributed by atoms with van der Waals surface area (Å²) in [7, 11) is -3.80. The average Bonchev–Trinajstić information content (AvgIpc) is 2.73. The summed E-state index contributed by atoms with van der Waals surface area (Å²) in [6, 6.07) is 14.0. The Bertz CT molecular complexity index is 960. The number of hydrogen-bond donors (Lipinski definition) is 2. The van der Waals surface area contributed by atoms with Gasteiger partial charge in [0.2, 0.25) is 0 Å². The van der Waals surface area contributed by atoms with E-state index in [4.69, 9.17) is 16.8 Å². The lowest BCUT2D eigenvalue weighted by atomic mass is 10.0. The normalized spacial score (nSPS) is 16.8. The summed E-state index contributed by atoms with van der Waals surface area (Å²) < 4.78 is 26.1. The van der Waals surface area contributed by atoms with Crippen molar-refractivity contribution in [1.82, 2.24) is 9.89 Å². The third-order valence-corrected chi connectivity index (χ3v) is 6.40. The van der Waals surface area contributed by atoms with Gasteiger partial charge in [-0.25, -0.2) is 13.9 Å². The van der Waals surface area contributed by atoms with Crippen molar-refractivity contribution < 1.29 is 18.4 Å². The first kappa shape index (κ1) is 20.3. The third-order valence-electron chi connectivity index (χ3n) is 4.51. The molecule has 7 nitrogen and oxygen atoms in total. The fourth-order valence-electron chi connectivity index (χ4n) is 2.98. The number of hydrogen-bond acceptors (Lipinski definition) is 5. The van der Waals surface area contributed by atoms with E-state index in [1.54, 1.807) is 0 Å². The zero-order valence-electron chi connectivity index (χ0n) is 15.0. The highest BCUT2D eigenvalue weighted by atomic mass is 35.5. The molecule has 0 radical (unpaired) electrons. The topological polar surface area (TPSA) is 99.1 Å². The highest BCUT2D eigenvalue weighted by Crippen LogP contribution is 2.23. The quantitative estimate of drug-likeness (QED) is 0.553. The first-order chi connectivity index (χ1) is 13.4. The van der Waals surface area contributed by atoms with E-state index in [2.05, 4.69) is 5.10 Å². The number of nitrogens with zero attached hydrogens (tertiary/aromatic N) is 2. The first-order valence-corrected chi connectivity index (χ1v) is 10.7. The molecule has 0 saturated heterocycles. The zero-order valence-corrected chi connectivity index (χ0v) is 16.5. The average molecular weight is 422 g/mol. The van der Waals surface area contributed by atoms with Crippen LogP contribution in [-0.4, -0.2) is 42.0 Å². The molecule has 1 aliphatic heterocycles. The largest absolute Gasteiger partial charge is 0.289 e. The first-order valence-electron chi connectivity index (χ1n) is 8.74. The van der Waals surface area contributed by atoms with E-state index in [0.29, 0.717) is 11.4 Å². The second-order valence-corrected chi connectivity index (χ2v) is 8.79. The van der Waals surface area contributed by atoms with Gasteiger partial charge in [-0.05, 0) is 48.1 Å². The van der Waals surface area contributed by atoms with Crippen LogP contribution in [0.5, 0.6) is 0 Å². The van der Waals surface area contributed by atoms with Crippen molar-refractivity contribution >= 4 is 33.7 Å². The van der Waals surface area contributed by atoms with Crippen LogP contribution in [0.3, 0.4) is 0 Å². The standard InChI is InChI=1S/C19H20ClN3O4S/c20-17-9-7-16(8-10-17)15-5-3-14(4-6-15)11-13-28(26,27)23-18(19(24)22-25)2-1-12-21-23/h3-10,12,18,25H,1-2,11,13H2,(H,22,24). The summed E-state index contributed by atoms with van der Waals surface area (Å²) in [6.45, 7) is 0. The van der Waals surface area contributed by atoms with Crippen molar-refractivity contribution in [3.63, 3.8) is 0 Å². The molecule has 9 heteroatoms. The molecule has 2 N–H and O–H groups in total. The summed E-state index contributed by atoms with van der Waals surface area (Å²) in [6.07, 6.45) is 2.48. The molecule has 0 bridgehead atoms. The number of hydroxylamine groups is 1. The molecule has 1 unspecified atom stereocenters. The van der Waals surface area contributed by atoms with Gasteiger partial charge >= 0.3 is 0 Å². The summed E-state index contributed by atoms with van der Waals surface area (Å²) in [5.74, 6) is -0.979. The Morgan fingerprint density at radius 2 is 1.75 bits per heavy atom. The molecular formula is C19H20ClN3O4S. The Morgan fingerprint density at radius 1 is 1.14 bits per heavy atom. The van der Waals surface area contributed by atoms with Gasteiger partial charge in [0.1, 0.15) is 6.04 Å². The van der Waals surface area contributed by atoms with Gasteiger partial charge in [-0.15, -0.1) is 0 Å². The van der Waals surface area contributed by atoms with Crippen LogP contribution in [0, 0.1) is 0 Å². The number of hydrazone groups is 1. The molecule has 0 spiro atoms. The lowest BCUT2D eigenvalue weighted by Gasteiger charge is -2.29. The van der Waals surface area contributed by atoms with Crippen molar-refractivity contribution in [3.05, 3.63) is 59.1 Å². The lowest BCUT2D eigenvalue weighted by molar-refractivity contribution is -0.133. The van der Waals surface area contributed by atoms with Crippen molar-refractivity contribution in [1.29, 1.82) is 0 Å². The lowest BCUT2D eigenvalue weighted by Crippen LogP contribution is -2.48. The number of nitrogens with one attached hydrogen (secondary N) is 1. The fraction of sp³-hybridized carbons (Fsp3) is 0.263. The van der Waals surface area contributed by atoms with Crippen molar-refractivity contribution in [2.75, 3.05) is 5.75 Å². The van der Waals surface area contributed by atoms with Gasteiger partial charge in [0.05, 0.1) is 5.75 Å². The van der Waals surface area contributed by atoms with Gasteiger partial charge in [0.25, 0.3) is 15.9 Å². The Kier molecular flexibility index (Phi) is 6.33. The molecule has 3 rings (SSSR count). The maximum absolute atomic E-state index is 12.6. The Labute approximate surface area is 168 Å². The minimum atomic E-state index is -3.80. The number of carbonyl (C=O) groups is 1. The van der Waals surface area contributed by atoms with Crippen LogP contribution in [0.4, 0.5) is 0 Å². The number of halogens is 1. The SMILES string of the molecule is O=C(NO)C1CCC=NN1S(=O)(=O)CCc1ccc(-c2ccc(Cl)cc2)cc1. The minimum Gasteiger partial charge on any atom is -0.289 e. The second kappa shape index (κ2) is 8.72. The highest BCUT2D eigenvalue weighted by Gasteiger charge is 2.34. The van der Waals surface area contributed by atoms with E-state index in [1.165, 1.54) is 11.7 Å². The molecular weight excluding hydrogens is 402 g/mol. The van der Waals surface area contributed by atoms with E-state index in [1.807, 2.05) is 48.5 Å².